The molecule has 0 saturated heterocycles. The molecule has 0 unspecified atom stereocenters. The third-order valence-electron chi connectivity index (χ3n) is 2.57. The molecule has 0 aliphatic heterocycles. The van der Waals surface area contributed by atoms with Crippen molar-refractivity contribution in [3.63, 3.8) is 0 Å². The Morgan fingerprint density at radius 2 is 2.22 bits per heavy atom. The van der Waals surface area contributed by atoms with E-state index in [9.17, 15) is 4.79 Å². The summed E-state index contributed by atoms with van der Waals surface area (Å²) in [7, 11) is 1.59. The molecule has 5 nitrogen and oxygen atoms in total. The summed E-state index contributed by atoms with van der Waals surface area (Å²) < 4.78 is 5.16. The molecular weight excluding hydrogens is 232 g/mol. The van der Waals surface area contributed by atoms with Gasteiger partial charge in [0.05, 0.1) is 12.6 Å². The van der Waals surface area contributed by atoms with Crippen molar-refractivity contribution in [1.29, 1.82) is 0 Å². The number of nitrogens with one attached hydrogen (secondary N) is 1. The Morgan fingerprint density at radius 3 is 2.89 bits per heavy atom. The smallest absolute Gasteiger partial charge is 0.322 e. The molecule has 1 aromatic carbocycles. The number of fused-ring (bicyclic) bond motifs is 1. The van der Waals surface area contributed by atoms with E-state index >= 15 is 0 Å². The van der Waals surface area contributed by atoms with Crippen molar-refractivity contribution in [1.82, 2.24) is 4.98 Å². The van der Waals surface area contributed by atoms with Crippen molar-refractivity contribution in [2.45, 2.75) is 6.92 Å². The number of pyridine rings is 1. The normalized spacial score (nSPS) is 10.3. The monoisotopic (exact) mass is 246 g/mol. The average Bonchev–Trinajstić information content (AvgIpc) is 2.35. The van der Waals surface area contributed by atoms with Gasteiger partial charge in [-0.25, -0.2) is 0 Å². The van der Waals surface area contributed by atoms with Gasteiger partial charge in [-0.2, -0.15) is 0 Å². The van der Waals surface area contributed by atoms with Gasteiger partial charge >= 0.3 is 5.97 Å². The molecule has 0 amide bonds. The van der Waals surface area contributed by atoms with E-state index in [0.29, 0.717) is 5.75 Å². The van der Waals surface area contributed by atoms with Crippen LogP contribution in [-0.2, 0) is 4.79 Å². The minimum atomic E-state index is -0.902. The summed E-state index contributed by atoms with van der Waals surface area (Å²) in [6.07, 6.45) is 0. The van der Waals surface area contributed by atoms with Gasteiger partial charge in [0.2, 0.25) is 0 Å². The van der Waals surface area contributed by atoms with Gasteiger partial charge in [-0.05, 0) is 31.2 Å². The molecule has 0 fully saturated rings. The van der Waals surface area contributed by atoms with Gasteiger partial charge in [-0.15, -0.1) is 0 Å². The second kappa shape index (κ2) is 4.91. The first-order valence-electron chi connectivity index (χ1n) is 5.51. The van der Waals surface area contributed by atoms with Crippen LogP contribution in [0.15, 0.2) is 24.3 Å². The highest BCUT2D eigenvalue weighted by Gasteiger charge is 2.06. The molecular formula is C13H14N2O3. The summed E-state index contributed by atoms with van der Waals surface area (Å²) >= 11 is 0. The number of nitrogens with zero attached hydrogens (tertiary/aromatic N) is 1. The van der Waals surface area contributed by atoms with Gasteiger partial charge in [0.25, 0.3) is 0 Å². The summed E-state index contributed by atoms with van der Waals surface area (Å²) in [5, 5.41) is 12.4. The van der Waals surface area contributed by atoms with Gasteiger partial charge in [0.1, 0.15) is 12.3 Å². The maximum absolute atomic E-state index is 10.6. The van der Waals surface area contributed by atoms with Crippen molar-refractivity contribution in [3.05, 3.63) is 30.0 Å². The quantitative estimate of drug-likeness (QED) is 0.863. The van der Waals surface area contributed by atoms with Crippen LogP contribution in [0, 0.1) is 6.92 Å². The van der Waals surface area contributed by atoms with Crippen LogP contribution in [-0.4, -0.2) is 29.7 Å². The van der Waals surface area contributed by atoms with Crippen molar-refractivity contribution >= 4 is 22.6 Å². The lowest BCUT2D eigenvalue weighted by atomic mass is 10.1. The van der Waals surface area contributed by atoms with Crippen LogP contribution in [0.5, 0.6) is 5.75 Å². The molecule has 2 aromatic rings. The molecule has 0 atom stereocenters. The number of benzene rings is 1. The zero-order valence-corrected chi connectivity index (χ0v) is 10.2. The number of aliphatic carboxylic acids is 1. The fraction of sp³-hybridized carbons (Fsp3) is 0.231. The lowest BCUT2D eigenvalue weighted by molar-refractivity contribution is -0.134. The summed E-state index contributed by atoms with van der Waals surface area (Å²) in [5.41, 5.74) is 2.39. The second-order valence-electron chi connectivity index (χ2n) is 3.94. The van der Waals surface area contributed by atoms with Crippen molar-refractivity contribution in [2.75, 3.05) is 19.0 Å². The number of carboxylic acid groups (broad SMARTS) is 1. The fourth-order valence-corrected chi connectivity index (χ4v) is 1.78. The van der Waals surface area contributed by atoms with Crippen molar-refractivity contribution < 1.29 is 14.6 Å². The Morgan fingerprint density at radius 1 is 1.44 bits per heavy atom. The van der Waals surface area contributed by atoms with E-state index < -0.39 is 5.97 Å². The lowest BCUT2D eigenvalue weighted by Gasteiger charge is -2.10. The Balaban J connectivity index is 2.50. The average molecular weight is 246 g/mol. The van der Waals surface area contributed by atoms with E-state index in [2.05, 4.69) is 10.3 Å². The number of methoxy groups -OCH3 is 1. The lowest BCUT2D eigenvalue weighted by Crippen LogP contribution is -2.12. The predicted molar refractivity (Wildman–Crippen MR) is 69.2 cm³/mol. The maximum Gasteiger partial charge on any atom is 0.322 e. The minimum absolute atomic E-state index is 0.129. The number of aromatic nitrogens is 1. The summed E-state index contributed by atoms with van der Waals surface area (Å²) in [5.74, 6) is -0.188. The maximum atomic E-state index is 10.6. The Kier molecular flexibility index (Phi) is 3.32. The van der Waals surface area contributed by atoms with Crippen LogP contribution in [0.2, 0.25) is 0 Å². The van der Waals surface area contributed by atoms with Crippen LogP contribution >= 0.6 is 0 Å². The molecule has 0 spiro atoms. The van der Waals surface area contributed by atoms with Crippen LogP contribution in [0.25, 0.3) is 10.9 Å². The molecule has 0 bridgehead atoms. The first-order chi connectivity index (χ1) is 8.60. The van der Waals surface area contributed by atoms with E-state index in [4.69, 9.17) is 9.84 Å². The first kappa shape index (κ1) is 12.2. The molecule has 0 aliphatic carbocycles. The number of ether oxygens (including phenoxy) is 1. The Labute approximate surface area is 104 Å². The highest BCUT2D eigenvalue weighted by atomic mass is 16.5. The van der Waals surface area contributed by atoms with Crippen molar-refractivity contribution in [3.8, 4) is 5.75 Å². The Hall–Kier alpha value is -2.30. The van der Waals surface area contributed by atoms with Gasteiger partial charge in [0, 0.05) is 16.8 Å². The van der Waals surface area contributed by atoms with E-state index in [0.717, 1.165) is 22.3 Å². The van der Waals surface area contributed by atoms with E-state index in [1.807, 2.05) is 31.2 Å². The highest BCUT2D eigenvalue weighted by Crippen LogP contribution is 2.26. The molecule has 0 radical (unpaired) electrons. The largest absolute Gasteiger partial charge is 0.497 e. The van der Waals surface area contributed by atoms with E-state index in [-0.39, 0.29) is 6.54 Å². The number of rotatable bonds is 4. The topological polar surface area (TPSA) is 71.5 Å². The molecule has 18 heavy (non-hydrogen) atoms. The zero-order valence-electron chi connectivity index (χ0n) is 10.2. The summed E-state index contributed by atoms with van der Waals surface area (Å²) in [4.78, 5) is 15.0. The molecule has 94 valence electrons. The number of carboxylic acids is 1. The molecule has 0 aliphatic rings. The fourth-order valence-electron chi connectivity index (χ4n) is 1.78. The van der Waals surface area contributed by atoms with Crippen LogP contribution in [0.4, 0.5) is 5.69 Å². The van der Waals surface area contributed by atoms with E-state index in [1.165, 1.54) is 0 Å². The van der Waals surface area contributed by atoms with Crippen LogP contribution in [0.1, 0.15) is 5.69 Å². The third-order valence-corrected chi connectivity index (χ3v) is 2.57. The number of aryl methyl sites for hydroxylation is 1. The van der Waals surface area contributed by atoms with Gasteiger partial charge < -0.3 is 15.2 Å². The highest BCUT2D eigenvalue weighted by molar-refractivity contribution is 5.93. The number of hydrogen-bond donors (Lipinski definition) is 2. The van der Waals surface area contributed by atoms with Crippen LogP contribution in [0.3, 0.4) is 0 Å². The number of anilines is 1. The SMILES string of the molecule is COc1ccc2nc(C)cc(NCC(=O)O)c2c1. The number of carbonyl (C=O) groups is 1. The minimum Gasteiger partial charge on any atom is -0.497 e. The summed E-state index contributed by atoms with van der Waals surface area (Å²) in [6, 6.07) is 7.35. The molecule has 5 heteroatoms. The van der Waals surface area contributed by atoms with E-state index in [1.54, 1.807) is 7.11 Å². The predicted octanol–water partition coefficient (Wildman–Crippen LogP) is 2.05. The molecule has 1 aromatic heterocycles. The number of hydrogen-bond acceptors (Lipinski definition) is 4. The van der Waals surface area contributed by atoms with Crippen LogP contribution < -0.4 is 10.1 Å². The molecule has 0 saturated carbocycles. The Bertz CT molecular complexity index is 596. The standard InChI is InChI=1S/C13H14N2O3/c1-8-5-12(14-7-13(16)17)10-6-9(18-2)3-4-11(10)15-8/h3-6H,7H2,1-2H3,(H,14,15)(H,16,17). The first-order valence-corrected chi connectivity index (χ1v) is 5.51. The third kappa shape index (κ3) is 2.51. The zero-order chi connectivity index (χ0) is 13.1. The molecule has 2 N–H and O–H groups in total. The van der Waals surface area contributed by atoms with Gasteiger partial charge in [0.15, 0.2) is 0 Å². The van der Waals surface area contributed by atoms with Crippen molar-refractivity contribution in [2.24, 2.45) is 0 Å². The second-order valence-corrected chi connectivity index (χ2v) is 3.94. The van der Waals surface area contributed by atoms with Gasteiger partial charge in [-0.1, -0.05) is 0 Å². The molecule has 1 heterocycles. The van der Waals surface area contributed by atoms with Gasteiger partial charge in [-0.3, -0.25) is 9.78 Å². The molecule has 2 rings (SSSR count). The summed E-state index contributed by atoms with van der Waals surface area (Å²) in [6.45, 7) is 1.74.